The first-order chi connectivity index (χ1) is 17.8. The molecule has 8 nitrogen and oxygen atoms in total. The number of halogens is 5. The number of rotatable bonds is 6. The lowest BCUT2D eigenvalue weighted by atomic mass is 10.0. The van der Waals surface area contributed by atoms with Crippen molar-refractivity contribution in [2.24, 2.45) is 5.92 Å². The monoisotopic (exact) mass is 555 g/mol. The molecule has 14 heteroatoms. The second-order valence-electron chi connectivity index (χ2n) is 8.93. The Labute approximate surface area is 215 Å². The Bertz CT molecular complexity index is 1430. The van der Waals surface area contributed by atoms with Gasteiger partial charge in [0.2, 0.25) is 21.8 Å². The van der Waals surface area contributed by atoms with E-state index < -0.39 is 51.6 Å². The SMILES string of the molecule is C[C@@H]1C[C@@H](C(=O)NCc2cc(-c3cnc(C(F)(F)F)nc3)ncc2F)N(S(=O)(=O)c2ccc(F)cc2)[C@H]1C. The molecule has 0 aliphatic carbocycles. The maximum absolute atomic E-state index is 14.4. The summed E-state index contributed by atoms with van der Waals surface area (Å²) in [7, 11) is -4.15. The Morgan fingerprint density at radius 1 is 1.05 bits per heavy atom. The van der Waals surface area contributed by atoms with E-state index in [9.17, 15) is 35.2 Å². The second-order valence-corrected chi connectivity index (χ2v) is 10.8. The summed E-state index contributed by atoms with van der Waals surface area (Å²) in [6.07, 6.45) is -1.87. The highest BCUT2D eigenvalue weighted by atomic mass is 32.2. The zero-order chi connectivity index (χ0) is 27.8. The molecule has 4 rings (SSSR count). The second kappa shape index (κ2) is 10.3. The lowest BCUT2D eigenvalue weighted by molar-refractivity contribution is -0.145. The van der Waals surface area contributed by atoms with Gasteiger partial charge in [-0.05, 0) is 49.6 Å². The molecule has 38 heavy (non-hydrogen) atoms. The molecule has 3 atom stereocenters. The van der Waals surface area contributed by atoms with Gasteiger partial charge >= 0.3 is 6.18 Å². The van der Waals surface area contributed by atoms with E-state index in [0.717, 1.165) is 47.2 Å². The van der Waals surface area contributed by atoms with Crippen LogP contribution in [0.1, 0.15) is 31.7 Å². The van der Waals surface area contributed by atoms with Crippen LogP contribution in [0.15, 0.2) is 53.8 Å². The molecule has 1 aromatic carbocycles. The molecule has 1 fully saturated rings. The third-order valence-electron chi connectivity index (χ3n) is 6.41. The van der Waals surface area contributed by atoms with Gasteiger partial charge in [-0.2, -0.15) is 17.5 Å². The van der Waals surface area contributed by atoms with E-state index in [0.29, 0.717) is 0 Å². The number of benzene rings is 1. The third kappa shape index (κ3) is 5.50. The number of hydrogen-bond donors (Lipinski definition) is 1. The van der Waals surface area contributed by atoms with Crippen molar-refractivity contribution in [3.05, 3.63) is 71.9 Å². The summed E-state index contributed by atoms with van der Waals surface area (Å²) in [5, 5.41) is 2.54. The lowest BCUT2D eigenvalue weighted by Gasteiger charge is -2.27. The molecule has 1 amide bonds. The highest BCUT2D eigenvalue weighted by molar-refractivity contribution is 7.89. The van der Waals surface area contributed by atoms with Gasteiger partial charge in [0.15, 0.2) is 0 Å². The van der Waals surface area contributed by atoms with Gasteiger partial charge in [-0.1, -0.05) is 6.92 Å². The fraction of sp³-hybridized carbons (Fsp3) is 0.333. The predicted octanol–water partition coefficient (Wildman–Crippen LogP) is 3.94. The van der Waals surface area contributed by atoms with Crippen molar-refractivity contribution >= 4 is 15.9 Å². The minimum Gasteiger partial charge on any atom is -0.351 e. The molecule has 1 saturated heterocycles. The lowest BCUT2D eigenvalue weighted by Crippen LogP contribution is -2.48. The Hall–Kier alpha value is -3.52. The van der Waals surface area contributed by atoms with Gasteiger partial charge in [-0.25, -0.2) is 27.2 Å². The van der Waals surface area contributed by atoms with Gasteiger partial charge < -0.3 is 5.32 Å². The molecule has 2 aromatic heterocycles. The maximum atomic E-state index is 14.4. The van der Waals surface area contributed by atoms with Crippen LogP contribution in [0.3, 0.4) is 0 Å². The molecule has 0 spiro atoms. The van der Waals surface area contributed by atoms with E-state index in [1.54, 1.807) is 13.8 Å². The molecular formula is C24H22F5N5O3S. The number of nitrogens with one attached hydrogen (secondary N) is 1. The average Bonchev–Trinajstić information content (AvgIpc) is 3.18. The van der Waals surface area contributed by atoms with Crippen molar-refractivity contribution < 1.29 is 35.2 Å². The Kier molecular flexibility index (Phi) is 7.48. The number of alkyl halides is 3. The van der Waals surface area contributed by atoms with Gasteiger partial charge in [-0.15, -0.1) is 0 Å². The Morgan fingerprint density at radius 2 is 1.68 bits per heavy atom. The predicted molar refractivity (Wildman–Crippen MR) is 125 cm³/mol. The number of sulfonamides is 1. The molecule has 1 N–H and O–H groups in total. The molecule has 0 bridgehead atoms. The van der Waals surface area contributed by atoms with Crippen LogP contribution in [0.25, 0.3) is 11.3 Å². The summed E-state index contributed by atoms with van der Waals surface area (Å²) in [5.74, 6) is -3.57. The number of amides is 1. The van der Waals surface area contributed by atoms with E-state index in [2.05, 4.69) is 20.3 Å². The number of carbonyl (C=O) groups excluding carboxylic acids is 1. The topological polar surface area (TPSA) is 105 Å². The molecule has 1 aliphatic heterocycles. The molecule has 202 valence electrons. The first-order valence-electron chi connectivity index (χ1n) is 11.4. The molecule has 3 heterocycles. The summed E-state index contributed by atoms with van der Waals surface area (Å²) in [6.45, 7) is 3.12. The number of pyridine rings is 1. The highest BCUT2D eigenvalue weighted by Gasteiger charge is 2.47. The molecule has 0 saturated carbocycles. The number of carbonyl (C=O) groups is 1. The van der Waals surface area contributed by atoms with Crippen LogP contribution in [0, 0.1) is 17.6 Å². The molecular weight excluding hydrogens is 533 g/mol. The van der Waals surface area contributed by atoms with Crippen molar-refractivity contribution in [2.45, 2.75) is 50.0 Å². The van der Waals surface area contributed by atoms with Crippen LogP contribution in [0.4, 0.5) is 22.0 Å². The largest absolute Gasteiger partial charge is 0.451 e. The van der Waals surface area contributed by atoms with E-state index in [-0.39, 0.29) is 40.6 Å². The maximum Gasteiger partial charge on any atom is 0.451 e. The summed E-state index contributed by atoms with van der Waals surface area (Å²) >= 11 is 0. The third-order valence-corrected chi connectivity index (χ3v) is 8.42. The zero-order valence-corrected chi connectivity index (χ0v) is 20.9. The van der Waals surface area contributed by atoms with Gasteiger partial charge in [0.1, 0.15) is 17.7 Å². The Morgan fingerprint density at radius 3 is 2.29 bits per heavy atom. The van der Waals surface area contributed by atoms with Crippen molar-refractivity contribution in [2.75, 3.05) is 0 Å². The number of aromatic nitrogens is 3. The minimum atomic E-state index is -4.72. The summed E-state index contributed by atoms with van der Waals surface area (Å²) in [6, 6.07) is 3.86. The zero-order valence-electron chi connectivity index (χ0n) is 20.1. The van der Waals surface area contributed by atoms with Crippen LogP contribution in [-0.2, 0) is 27.5 Å². The minimum absolute atomic E-state index is 0.0321. The van der Waals surface area contributed by atoms with Crippen molar-refractivity contribution in [1.82, 2.24) is 24.6 Å². The molecule has 3 aromatic rings. The summed E-state index contributed by atoms with van der Waals surface area (Å²) in [5.41, 5.74) is 0.142. The quantitative estimate of drug-likeness (QED) is 0.462. The van der Waals surface area contributed by atoms with Gasteiger partial charge in [0.25, 0.3) is 0 Å². The molecule has 0 unspecified atom stereocenters. The molecule has 1 aliphatic rings. The molecule has 0 radical (unpaired) electrons. The summed E-state index contributed by atoms with van der Waals surface area (Å²) in [4.78, 5) is 23.3. The highest BCUT2D eigenvalue weighted by Crippen LogP contribution is 2.35. The first-order valence-corrected chi connectivity index (χ1v) is 12.8. The van der Waals surface area contributed by atoms with E-state index in [4.69, 9.17) is 0 Å². The Balaban J connectivity index is 1.53. The summed E-state index contributed by atoms with van der Waals surface area (Å²) < 4.78 is 93.6. The van der Waals surface area contributed by atoms with Crippen LogP contribution >= 0.6 is 0 Å². The van der Waals surface area contributed by atoms with E-state index in [1.807, 2.05) is 0 Å². The number of nitrogens with zero attached hydrogens (tertiary/aromatic N) is 4. The number of hydrogen-bond acceptors (Lipinski definition) is 6. The van der Waals surface area contributed by atoms with Crippen LogP contribution in [-0.4, -0.2) is 45.7 Å². The fourth-order valence-electron chi connectivity index (χ4n) is 4.21. The van der Waals surface area contributed by atoms with Crippen molar-refractivity contribution in [1.29, 1.82) is 0 Å². The average molecular weight is 556 g/mol. The smallest absolute Gasteiger partial charge is 0.351 e. The van der Waals surface area contributed by atoms with Crippen molar-refractivity contribution in [3.8, 4) is 11.3 Å². The van der Waals surface area contributed by atoms with Crippen LogP contribution in [0.2, 0.25) is 0 Å². The van der Waals surface area contributed by atoms with Gasteiger partial charge in [-0.3, -0.25) is 9.78 Å². The van der Waals surface area contributed by atoms with Gasteiger partial charge in [0, 0.05) is 36.1 Å². The standard InChI is InChI=1S/C24H22F5N5O3S/c1-13-7-21(34(14(13)2)38(36,37)18-5-3-17(25)4-6-18)22(35)31-9-15-8-20(30-12-19(15)26)16-10-32-23(33-11-16)24(27,28)29/h3-6,8,10-14,21H,7,9H2,1-2H3,(H,31,35)/t13-,14+,21+/m1/s1. The van der Waals surface area contributed by atoms with Gasteiger partial charge in [0.05, 0.1) is 16.8 Å². The van der Waals surface area contributed by atoms with Crippen molar-refractivity contribution in [3.63, 3.8) is 0 Å². The van der Waals surface area contributed by atoms with E-state index >= 15 is 0 Å². The fourth-order valence-corrected chi connectivity index (χ4v) is 6.09. The van der Waals surface area contributed by atoms with Crippen LogP contribution in [0.5, 0.6) is 0 Å². The first kappa shape index (κ1) is 27.5. The normalized spacial score (nSPS) is 20.4. The van der Waals surface area contributed by atoms with E-state index in [1.165, 1.54) is 6.07 Å². The van der Waals surface area contributed by atoms with Crippen LogP contribution < -0.4 is 5.32 Å².